The molecule has 0 amide bonds. The van der Waals surface area contributed by atoms with E-state index in [0.29, 0.717) is 6.61 Å². The molecule has 1 aliphatic rings. The average molecular weight is 206 g/mol. The zero-order valence-electron chi connectivity index (χ0n) is 9.62. The van der Waals surface area contributed by atoms with Crippen LogP contribution in [0.15, 0.2) is 24.3 Å². The quantitative estimate of drug-likeness (QED) is 0.702. The molecule has 15 heavy (non-hydrogen) atoms. The van der Waals surface area contributed by atoms with Crippen LogP contribution in [0.4, 0.5) is 0 Å². The molecular formula is C13H18O2. The predicted molar refractivity (Wildman–Crippen MR) is 60.4 cm³/mol. The van der Waals surface area contributed by atoms with E-state index in [1.54, 1.807) is 0 Å². The highest BCUT2D eigenvalue weighted by Crippen LogP contribution is 2.34. The van der Waals surface area contributed by atoms with Crippen molar-refractivity contribution >= 4 is 0 Å². The number of ether oxygens (including phenoxy) is 2. The maximum absolute atomic E-state index is 5.88. The van der Waals surface area contributed by atoms with Gasteiger partial charge in [-0.05, 0) is 24.0 Å². The van der Waals surface area contributed by atoms with Gasteiger partial charge in [0.1, 0.15) is 12.7 Å². The van der Waals surface area contributed by atoms with Gasteiger partial charge >= 0.3 is 0 Å². The molecule has 0 saturated carbocycles. The zero-order chi connectivity index (χ0) is 10.9. The lowest BCUT2D eigenvalue weighted by molar-refractivity contribution is 0.0605. The smallest absolute Gasteiger partial charge is 0.161 e. The Hall–Kier alpha value is -1.18. The van der Waals surface area contributed by atoms with Crippen LogP contribution in [0.2, 0.25) is 0 Å². The minimum Gasteiger partial charge on any atom is -0.486 e. The van der Waals surface area contributed by atoms with Crippen molar-refractivity contribution in [3.05, 3.63) is 24.3 Å². The molecule has 0 radical (unpaired) electrons. The van der Waals surface area contributed by atoms with Gasteiger partial charge < -0.3 is 9.47 Å². The van der Waals surface area contributed by atoms with E-state index in [2.05, 4.69) is 20.8 Å². The molecule has 1 aromatic rings. The molecule has 1 aromatic carbocycles. The van der Waals surface area contributed by atoms with E-state index in [0.717, 1.165) is 17.9 Å². The third-order valence-electron chi connectivity index (χ3n) is 2.41. The second kappa shape index (κ2) is 3.76. The highest BCUT2D eigenvalue weighted by Gasteiger charge is 2.25. The molecule has 0 aliphatic carbocycles. The Kier molecular flexibility index (Phi) is 2.59. The fourth-order valence-corrected chi connectivity index (χ4v) is 1.85. The fraction of sp³-hybridized carbons (Fsp3) is 0.538. The van der Waals surface area contributed by atoms with Crippen LogP contribution in [-0.2, 0) is 0 Å². The Bertz CT molecular complexity index is 339. The third kappa shape index (κ3) is 2.65. The Morgan fingerprint density at radius 2 is 1.87 bits per heavy atom. The van der Waals surface area contributed by atoms with Crippen molar-refractivity contribution in [1.82, 2.24) is 0 Å². The topological polar surface area (TPSA) is 18.5 Å². The predicted octanol–water partition coefficient (Wildman–Crippen LogP) is 3.26. The summed E-state index contributed by atoms with van der Waals surface area (Å²) in [6.45, 7) is 7.32. The van der Waals surface area contributed by atoms with Crippen LogP contribution in [0.1, 0.15) is 27.2 Å². The van der Waals surface area contributed by atoms with Gasteiger partial charge in [-0.1, -0.05) is 32.9 Å². The molecule has 82 valence electrons. The van der Waals surface area contributed by atoms with Crippen molar-refractivity contribution < 1.29 is 9.47 Å². The van der Waals surface area contributed by atoms with Gasteiger partial charge in [-0.3, -0.25) is 0 Å². The lowest BCUT2D eigenvalue weighted by Gasteiger charge is -2.30. The van der Waals surface area contributed by atoms with Crippen molar-refractivity contribution in [2.24, 2.45) is 5.41 Å². The lowest BCUT2D eigenvalue weighted by Crippen LogP contribution is -2.32. The first-order chi connectivity index (χ1) is 7.04. The van der Waals surface area contributed by atoms with Gasteiger partial charge in [0, 0.05) is 0 Å². The van der Waals surface area contributed by atoms with E-state index in [4.69, 9.17) is 9.47 Å². The van der Waals surface area contributed by atoms with Crippen LogP contribution in [0, 0.1) is 5.41 Å². The van der Waals surface area contributed by atoms with Crippen LogP contribution >= 0.6 is 0 Å². The lowest BCUT2D eigenvalue weighted by atomic mass is 9.89. The number of benzene rings is 1. The van der Waals surface area contributed by atoms with Crippen molar-refractivity contribution in [3.8, 4) is 11.5 Å². The van der Waals surface area contributed by atoms with E-state index < -0.39 is 0 Å². The number of hydrogen-bond acceptors (Lipinski definition) is 2. The molecule has 1 heterocycles. The Morgan fingerprint density at radius 3 is 2.53 bits per heavy atom. The first-order valence-corrected chi connectivity index (χ1v) is 5.43. The summed E-state index contributed by atoms with van der Waals surface area (Å²) < 4.78 is 11.5. The Morgan fingerprint density at radius 1 is 1.20 bits per heavy atom. The molecule has 1 unspecified atom stereocenters. The first-order valence-electron chi connectivity index (χ1n) is 5.43. The van der Waals surface area contributed by atoms with E-state index in [1.165, 1.54) is 0 Å². The number of rotatable bonds is 1. The standard InChI is InChI=1S/C13H18O2/c1-13(2,3)8-10-9-14-11-6-4-5-7-12(11)15-10/h4-7,10H,8-9H2,1-3H3. The van der Waals surface area contributed by atoms with Gasteiger partial charge in [0.15, 0.2) is 11.5 Å². The Balaban J connectivity index is 2.06. The molecule has 0 aromatic heterocycles. The Labute approximate surface area is 91.2 Å². The van der Waals surface area contributed by atoms with Gasteiger partial charge in [0.05, 0.1) is 0 Å². The molecule has 0 spiro atoms. The normalized spacial score (nSPS) is 20.1. The van der Waals surface area contributed by atoms with E-state index >= 15 is 0 Å². The minimum absolute atomic E-state index is 0.180. The van der Waals surface area contributed by atoms with Crippen LogP contribution in [0.3, 0.4) is 0 Å². The van der Waals surface area contributed by atoms with Gasteiger partial charge in [-0.15, -0.1) is 0 Å². The van der Waals surface area contributed by atoms with E-state index in [1.807, 2.05) is 24.3 Å². The second-order valence-corrected chi connectivity index (χ2v) is 5.26. The number of hydrogen-bond donors (Lipinski definition) is 0. The number of fused-ring (bicyclic) bond motifs is 1. The molecule has 0 fully saturated rings. The van der Waals surface area contributed by atoms with Crippen molar-refractivity contribution in [2.45, 2.75) is 33.3 Å². The largest absolute Gasteiger partial charge is 0.486 e. The molecule has 0 N–H and O–H groups in total. The maximum atomic E-state index is 5.88. The molecular weight excluding hydrogens is 188 g/mol. The van der Waals surface area contributed by atoms with Crippen LogP contribution in [0.5, 0.6) is 11.5 Å². The number of para-hydroxylation sites is 2. The van der Waals surface area contributed by atoms with Crippen molar-refractivity contribution in [3.63, 3.8) is 0 Å². The monoisotopic (exact) mass is 206 g/mol. The average Bonchev–Trinajstić information content (AvgIpc) is 2.15. The molecule has 2 rings (SSSR count). The summed E-state index contributed by atoms with van der Waals surface area (Å²) in [5, 5.41) is 0. The summed E-state index contributed by atoms with van der Waals surface area (Å²) in [5.74, 6) is 1.74. The second-order valence-electron chi connectivity index (χ2n) is 5.26. The first kappa shape index (κ1) is 10.3. The summed E-state index contributed by atoms with van der Waals surface area (Å²) in [4.78, 5) is 0. The van der Waals surface area contributed by atoms with Crippen LogP contribution in [0.25, 0.3) is 0 Å². The van der Waals surface area contributed by atoms with Gasteiger partial charge in [-0.25, -0.2) is 0 Å². The molecule has 0 saturated heterocycles. The van der Waals surface area contributed by atoms with Crippen molar-refractivity contribution in [2.75, 3.05) is 6.61 Å². The highest BCUT2D eigenvalue weighted by atomic mass is 16.6. The van der Waals surface area contributed by atoms with Gasteiger partial charge in [0.2, 0.25) is 0 Å². The summed E-state index contributed by atoms with van der Waals surface area (Å²) in [6, 6.07) is 7.85. The van der Waals surface area contributed by atoms with Gasteiger partial charge in [-0.2, -0.15) is 0 Å². The molecule has 2 nitrogen and oxygen atoms in total. The maximum Gasteiger partial charge on any atom is 0.161 e. The fourth-order valence-electron chi connectivity index (χ4n) is 1.85. The van der Waals surface area contributed by atoms with Crippen LogP contribution < -0.4 is 9.47 Å². The summed E-state index contributed by atoms with van der Waals surface area (Å²) in [5.41, 5.74) is 0.278. The van der Waals surface area contributed by atoms with Crippen LogP contribution in [-0.4, -0.2) is 12.7 Å². The SMILES string of the molecule is CC(C)(C)CC1COc2ccccc2O1. The summed E-state index contributed by atoms with van der Waals surface area (Å²) in [7, 11) is 0. The third-order valence-corrected chi connectivity index (χ3v) is 2.41. The molecule has 2 heteroatoms. The summed E-state index contributed by atoms with van der Waals surface area (Å²) in [6.07, 6.45) is 1.20. The van der Waals surface area contributed by atoms with E-state index in [-0.39, 0.29) is 11.5 Å². The van der Waals surface area contributed by atoms with Gasteiger partial charge in [0.25, 0.3) is 0 Å². The minimum atomic E-state index is 0.180. The highest BCUT2D eigenvalue weighted by molar-refractivity contribution is 5.40. The zero-order valence-corrected chi connectivity index (χ0v) is 9.62. The molecule has 0 bridgehead atoms. The summed E-state index contributed by atoms with van der Waals surface area (Å²) >= 11 is 0. The molecule has 1 atom stereocenters. The van der Waals surface area contributed by atoms with Crippen molar-refractivity contribution in [1.29, 1.82) is 0 Å². The van der Waals surface area contributed by atoms with E-state index in [9.17, 15) is 0 Å². The molecule has 1 aliphatic heterocycles.